The van der Waals surface area contributed by atoms with Crippen molar-refractivity contribution in [2.45, 2.75) is 6.61 Å². The predicted molar refractivity (Wildman–Crippen MR) is 116 cm³/mol. The largest absolute Gasteiger partial charge is 0.452 e. The van der Waals surface area contributed by atoms with Crippen molar-refractivity contribution in [1.29, 1.82) is 0 Å². The monoisotopic (exact) mass is 444 g/mol. The number of hydrogen-bond acceptors (Lipinski definition) is 8. The van der Waals surface area contributed by atoms with Gasteiger partial charge in [-0.3, -0.25) is 14.9 Å². The smallest absolute Gasteiger partial charge is 0.340 e. The summed E-state index contributed by atoms with van der Waals surface area (Å²) in [5.41, 5.74) is 1.33. The number of amides is 1. The fourth-order valence-corrected chi connectivity index (χ4v) is 2.91. The molecule has 1 N–H and O–H groups in total. The van der Waals surface area contributed by atoms with Crippen molar-refractivity contribution >= 4 is 23.3 Å². The molecular weight excluding hydrogens is 428 g/mol. The van der Waals surface area contributed by atoms with Crippen LogP contribution in [-0.2, 0) is 11.3 Å². The van der Waals surface area contributed by atoms with E-state index in [0.29, 0.717) is 16.8 Å². The highest BCUT2D eigenvalue weighted by molar-refractivity contribution is 6.07. The SMILES string of the molecule is O=C(Nc1ccccc1C(=O)OCc1nnc(-c2ccc([N+](=O)[O-])cc2)o1)c1ccccc1. The van der Waals surface area contributed by atoms with Gasteiger partial charge in [0.15, 0.2) is 6.61 Å². The molecule has 0 aliphatic heterocycles. The zero-order valence-corrected chi connectivity index (χ0v) is 17.0. The standard InChI is InChI=1S/C23H16N4O6/c28-21(15-6-2-1-3-7-15)24-19-9-5-4-8-18(19)23(29)32-14-20-25-26-22(33-20)16-10-12-17(13-11-16)27(30)31/h1-13H,14H2,(H,24,28). The molecule has 0 fully saturated rings. The maximum atomic E-state index is 12.6. The molecule has 1 heterocycles. The Hall–Kier alpha value is -4.86. The van der Waals surface area contributed by atoms with Crippen LogP contribution in [0.15, 0.2) is 83.3 Å². The second kappa shape index (κ2) is 9.52. The quantitative estimate of drug-likeness (QED) is 0.254. The van der Waals surface area contributed by atoms with Crippen LogP contribution in [0.4, 0.5) is 11.4 Å². The van der Waals surface area contributed by atoms with Gasteiger partial charge in [0.2, 0.25) is 5.89 Å². The Morgan fingerprint density at radius 3 is 2.36 bits per heavy atom. The van der Waals surface area contributed by atoms with Gasteiger partial charge in [-0.25, -0.2) is 4.79 Å². The van der Waals surface area contributed by atoms with E-state index in [0.717, 1.165) is 0 Å². The number of nitrogens with one attached hydrogen (secondary N) is 1. The Bertz CT molecular complexity index is 1300. The zero-order valence-electron chi connectivity index (χ0n) is 17.0. The molecule has 0 saturated carbocycles. The van der Waals surface area contributed by atoms with Crippen LogP contribution in [-0.4, -0.2) is 27.0 Å². The van der Waals surface area contributed by atoms with E-state index in [4.69, 9.17) is 9.15 Å². The van der Waals surface area contributed by atoms with Crippen molar-refractivity contribution in [3.63, 3.8) is 0 Å². The molecule has 3 aromatic carbocycles. The second-order valence-corrected chi connectivity index (χ2v) is 6.75. The van der Waals surface area contributed by atoms with Crippen molar-refractivity contribution in [2.75, 3.05) is 5.32 Å². The van der Waals surface area contributed by atoms with Gasteiger partial charge in [0.05, 0.1) is 16.2 Å². The third-order valence-electron chi connectivity index (χ3n) is 4.55. The molecule has 0 aliphatic rings. The number of carbonyl (C=O) groups excluding carboxylic acids is 2. The first kappa shape index (κ1) is 21.4. The summed E-state index contributed by atoms with van der Waals surface area (Å²) in [6.45, 7) is -0.292. The Morgan fingerprint density at radius 1 is 0.939 bits per heavy atom. The lowest BCUT2D eigenvalue weighted by Gasteiger charge is -2.10. The fourth-order valence-electron chi connectivity index (χ4n) is 2.91. The molecule has 10 nitrogen and oxygen atoms in total. The third kappa shape index (κ3) is 5.07. The number of anilines is 1. The number of rotatable bonds is 7. The Morgan fingerprint density at radius 2 is 1.64 bits per heavy atom. The molecule has 0 spiro atoms. The zero-order chi connectivity index (χ0) is 23.2. The van der Waals surface area contributed by atoms with Crippen LogP contribution in [0.25, 0.3) is 11.5 Å². The average Bonchev–Trinajstić information content (AvgIpc) is 3.32. The number of nitrogens with zero attached hydrogens (tertiary/aromatic N) is 3. The maximum absolute atomic E-state index is 12.6. The topological polar surface area (TPSA) is 137 Å². The van der Waals surface area contributed by atoms with E-state index >= 15 is 0 Å². The van der Waals surface area contributed by atoms with Crippen LogP contribution in [0.5, 0.6) is 0 Å². The van der Waals surface area contributed by atoms with Crippen molar-refractivity contribution in [2.24, 2.45) is 0 Å². The van der Waals surface area contributed by atoms with E-state index in [1.54, 1.807) is 48.5 Å². The lowest BCUT2D eigenvalue weighted by Crippen LogP contribution is -2.15. The molecule has 0 atom stereocenters. The molecule has 4 aromatic rings. The Balaban J connectivity index is 1.41. The minimum Gasteiger partial charge on any atom is -0.452 e. The van der Waals surface area contributed by atoms with Crippen LogP contribution in [0.1, 0.15) is 26.6 Å². The Labute approximate surface area is 187 Å². The van der Waals surface area contributed by atoms with Crippen molar-refractivity contribution in [3.8, 4) is 11.5 Å². The molecule has 0 aliphatic carbocycles. The van der Waals surface area contributed by atoms with E-state index in [-0.39, 0.29) is 35.5 Å². The number of para-hydroxylation sites is 1. The molecule has 10 heteroatoms. The van der Waals surface area contributed by atoms with Crippen LogP contribution in [0.3, 0.4) is 0 Å². The van der Waals surface area contributed by atoms with E-state index in [1.807, 2.05) is 0 Å². The summed E-state index contributed by atoms with van der Waals surface area (Å²) in [5.74, 6) is -0.872. The van der Waals surface area contributed by atoms with Crippen LogP contribution in [0, 0.1) is 10.1 Å². The number of nitro groups is 1. The van der Waals surface area contributed by atoms with Gasteiger partial charge in [-0.1, -0.05) is 30.3 Å². The number of esters is 1. The summed E-state index contributed by atoms with van der Waals surface area (Å²) in [6, 6.07) is 20.7. The number of aromatic nitrogens is 2. The lowest BCUT2D eigenvalue weighted by atomic mass is 10.1. The fraction of sp³-hybridized carbons (Fsp3) is 0.0435. The summed E-state index contributed by atoms with van der Waals surface area (Å²) in [5, 5.41) is 21.2. The van der Waals surface area contributed by atoms with E-state index in [9.17, 15) is 19.7 Å². The molecule has 0 bridgehead atoms. The molecule has 1 amide bonds. The highest BCUT2D eigenvalue weighted by Gasteiger charge is 2.17. The van der Waals surface area contributed by atoms with Gasteiger partial charge < -0.3 is 14.5 Å². The number of non-ortho nitro benzene ring substituents is 1. The summed E-state index contributed by atoms with van der Waals surface area (Å²) < 4.78 is 10.7. The van der Waals surface area contributed by atoms with Crippen molar-refractivity contribution in [3.05, 3.63) is 106 Å². The molecule has 4 rings (SSSR count). The van der Waals surface area contributed by atoms with E-state index < -0.39 is 10.9 Å². The number of nitro benzene ring substituents is 1. The van der Waals surface area contributed by atoms with Gasteiger partial charge in [0.1, 0.15) is 0 Å². The van der Waals surface area contributed by atoms with Crippen molar-refractivity contribution in [1.82, 2.24) is 10.2 Å². The van der Waals surface area contributed by atoms with Gasteiger partial charge in [0.25, 0.3) is 17.5 Å². The van der Waals surface area contributed by atoms with Gasteiger partial charge in [-0.2, -0.15) is 0 Å². The minimum absolute atomic E-state index is 0.0440. The summed E-state index contributed by atoms with van der Waals surface area (Å²) >= 11 is 0. The Kier molecular flexibility index (Phi) is 6.17. The molecule has 0 unspecified atom stereocenters. The normalized spacial score (nSPS) is 10.4. The average molecular weight is 444 g/mol. The van der Waals surface area contributed by atoms with Gasteiger partial charge >= 0.3 is 5.97 Å². The molecule has 1 aromatic heterocycles. The minimum atomic E-state index is -0.686. The van der Waals surface area contributed by atoms with Crippen LogP contribution in [0.2, 0.25) is 0 Å². The first-order valence-corrected chi connectivity index (χ1v) is 9.71. The van der Waals surface area contributed by atoms with E-state index in [1.165, 1.54) is 30.3 Å². The number of hydrogen-bond donors (Lipinski definition) is 1. The highest BCUT2D eigenvalue weighted by atomic mass is 16.6. The van der Waals surface area contributed by atoms with Gasteiger partial charge in [-0.15, -0.1) is 10.2 Å². The third-order valence-corrected chi connectivity index (χ3v) is 4.55. The van der Waals surface area contributed by atoms with Crippen LogP contribution >= 0.6 is 0 Å². The number of ether oxygens (including phenoxy) is 1. The molecule has 164 valence electrons. The van der Waals surface area contributed by atoms with E-state index in [2.05, 4.69) is 15.5 Å². The first-order valence-electron chi connectivity index (χ1n) is 9.71. The van der Waals surface area contributed by atoms with Crippen molar-refractivity contribution < 1.29 is 23.7 Å². The van der Waals surface area contributed by atoms with Gasteiger partial charge in [0, 0.05) is 23.3 Å². The summed E-state index contributed by atoms with van der Waals surface area (Å²) in [6.07, 6.45) is 0. The number of carbonyl (C=O) groups is 2. The summed E-state index contributed by atoms with van der Waals surface area (Å²) in [7, 11) is 0. The lowest BCUT2D eigenvalue weighted by molar-refractivity contribution is -0.384. The maximum Gasteiger partial charge on any atom is 0.340 e. The second-order valence-electron chi connectivity index (χ2n) is 6.75. The molecule has 33 heavy (non-hydrogen) atoms. The van der Waals surface area contributed by atoms with Crippen LogP contribution < -0.4 is 5.32 Å². The molecule has 0 radical (unpaired) electrons. The predicted octanol–water partition coefficient (Wildman–Crippen LogP) is 4.25. The summed E-state index contributed by atoms with van der Waals surface area (Å²) in [4.78, 5) is 35.3. The highest BCUT2D eigenvalue weighted by Crippen LogP contribution is 2.22. The number of benzene rings is 3. The first-order chi connectivity index (χ1) is 16.0. The van der Waals surface area contributed by atoms with Gasteiger partial charge in [-0.05, 0) is 36.4 Å². The molecular formula is C23H16N4O6. The molecule has 0 saturated heterocycles.